The van der Waals surface area contributed by atoms with Crippen molar-refractivity contribution < 1.29 is 22.3 Å². The Morgan fingerprint density at radius 1 is 1.10 bits per heavy atom. The highest BCUT2D eigenvalue weighted by atomic mass is 35.5. The van der Waals surface area contributed by atoms with Gasteiger partial charge in [0.1, 0.15) is 17.1 Å². The zero-order valence-corrected chi connectivity index (χ0v) is 15.4. The minimum absolute atomic E-state index is 0.139. The lowest BCUT2D eigenvalue weighted by Gasteiger charge is -2.28. The molecule has 1 aliphatic rings. The molecule has 2 atom stereocenters. The van der Waals surface area contributed by atoms with E-state index < -0.39 is 29.3 Å². The van der Waals surface area contributed by atoms with Crippen molar-refractivity contribution in [2.45, 2.75) is 17.9 Å². The van der Waals surface area contributed by atoms with Gasteiger partial charge in [0.2, 0.25) is 0 Å². The lowest BCUT2D eigenvalue weighted by Crippen LogP contribution is -2.52. The highest BCUT2D eigenvalue weighted by molar-refractivity contribution is 6.30. The van der Waals surface area contributed by atoms with Gasteiger partial charge in [-0.3, -0.25) is 10.7 Å². The third kappa shape index (κ3) is 3.13. The van der Waals surface area contributed by atoms with Gasteiger partial charge in [-0.25, -0.2) is 4.39 Å². The fourth-order valence-electron chi connectivity index (χ4n) is 3.39. The number of benzene rings is 2. The van der Waals surface area contributed by atoms with E-state index in [1.165, 1.54) is 30.5 Å². The number of ether oxygens (including phenoxy) is 1. The highest BCUT2D eigenvalue weighted by Gasteiger charge is 2.47. The molecule has 3 aromatic rings. The minimum atomic E-state index is -4.51. The molecule has 0 fully saturated rings. The predicted octanol–water partition coefficient (Wildman–Crippen LogP) is 4.44. The Labute approximate surface area is 168 Å². The van der Waals surface area contributed by atoms with E-state index in [0.717, 1.165) is 18.2 Å². The maximum atomic E-state index is 13.6. The zero-order chi connectivity index (χ0) is 21.0. The lowest BCUT2D eigenvalue weighted by atomic mass is 9.83. The van der Waals surface area contributed by atoms with Crippen molar-refractivity contribution >= 4 is 11.6 Å². The van der Waals surface area contributed by atoms with Gasteiger partial charge >= 0.3 is 6.18 Å². The normalized spacial score (nSPS) is 21.0. The van der Waals surface area contributed by atoms with E-state index >= 15 is 0 Å². The first kappa shape index (κ1) is 19.6. The average molecular weight is 424 g/mol. The summed E-state index contributed by atoms with van der Waals surface area (Å²) in [6.45, 7) is 0. The van der Waals surface area contributed by atoms with Gasteiger partial charge < -0.3 is 10.5 Å². The summed E-state index contributed by atoms with van der Waals surface area (Å²) in [6.07, 6.45) is -4.19. The SMILES string of the molecule is NC1Oc2c(ccnc2-c2cccc(C(F)(F)F)c2)C1(N)c1ccc(F)c(Cl)c1. The second-order valence-electron chi connectivity index (χ2n) is 6.65. The Morgan fingerprint density at radius 3 is 2.55 bits per heavy atom. The maximum Gasteiger partial charge on any atom is 0.416 e. The molecule has 4 nitrogen and oxygen atoms in total. The van der Waals surface area contributed by atoms with Crippen LogP contribution in [0.5, 0.6) is 5.75 Å². The highest BCUT2D eigenvalue weighted by Crippen LogP contribution is 2.47. The molecule has 0 saturated carbocycles. The van der Waals surface area contributed by atoms with Gasteiger partial charge in [0.15, 0.2) is 12.0 Å². The van der Waals surface area contributed by atoms with Crippen molar-refractivity contribution in [2.24, 2.45) is 11.5 Å². The van der Waals surface area contributed by atoms with Crippen molar-refractivity contribution in [1.29, 1.82) is 0 Å². The third-order valence-corrected chi connectivity index (χ3v) is 5.19. The van der Waals surface area contributed by atoms with E-state index in [-0.39, 0.29) is 22.0 Å². The minimum Gasteiger partial charge on any atom is -0.470 e. The summed E-state index contributed by atoms with van der Waals surface area (Å²) in [7, 11) is 0. The van der Waals surface area contributed by atoms with Crippen molar-refractivity contribution in [3.8, 4) is 17.0 Å². The molecule has 1 aliphatic heterocycles. The van der Waals surface area contributed by atoms with Gasteiger partial charge in [-0.1, -0.05) is 29.8 Å². The Morgan fingerprint density at radius 2 is 1.86 bits per heavy atom. The molecule has 29 heavy (non-hydrogen) atoms. The van der Waals surface area contributed by atoms with Gasteiger partial charge in [-0.15, -0.1) is 0 Å². The Hall–Kier alpha value is -2.68. The Bertz CT molecular complexity index is 1110. The van der Waals surface area contributed by atoms with Crippen LogP contribution >= 0.6 is 11.6 Å². The molecule has 1 aromatic heterocycles. The van der Waals surface area contributed by atoms with Crippen LogP contribution in [0, 0.1) is 5.82 Å². The van der Waals surface area contributed by atoms with Gasteiger partial charge in [0.05, 0.1) is 10.6 Å². The summed E-state index contributed by atoms with van der Waals surface area (Å²) in [5, 5.41) is -0.139. The van der Waals surface area contributed by atoms with Crippen LogP contribution in [-0.2, 0) is 11.7 Å². The molecule has 0 spiro atoms. The molecule has 0 radical (unpaired) electrons. The van der Waals surface area contributed by atoms with E-state index in [0.29, 0.717) is 11.1 Å². The van der Waals surface area contributed by atoms with E-state index in [1.54, 1.807) is 6.07 Å². The van der Waals surface area contributed by atoms with E-state index in [4.69, 9.17) is 27.8 Å². The van der Waals surface area contributed by atoms with Crippen LogP contribution < -0.4 is 16.2 Å². The van der Waals surface area contributed by atoms with Crippen molar-refractivity contribution in [1.82, 2.24) is 4.98 Å². The van der Waals surface area contributed by atoms with Crippen molar-refractivity contribution in [3.63, 3.8) is 0 Å². The molecule has 0 amide bonds. The van der Waals surface area contributed by atoms with E-state index in [2.05, 4.69) is 4.98 Å². The van der Waals surface area contributed by atoms with Crippen LogP contribution in [0.2, 0.25) is 5.02 Å². The van der Waals surface area contributed by atoms with Gasteiger partial charge in [-0.05, 0) is 35.9 Å². The molecule has 4 rings (SSSR count). The predicted molar refractivity (Wildman–Crippen MR) is 99.7 cm³/mol. The van der Waals surface area contributed by atoms with E-state index in [1.807, 2.05) is 0 Å². The number of fused-ring (bicyclic) bond motifs is 1. The molecular formula is C20H14ClF4N3O. The standard InChI is InChI=1S/C20H14ClF4N3O/c21-14-9-11(4-5-15(14)22)19(27)13-6-7-28-16(17(13)29-18(19)26)10-2-1-3-12(8-10)20(23,24)25/h1-9,18H,26-27H2. The smallest absolute Gasteiger partial charge is 0.416 e. The summed E-state index contributed by atoms with van der Waals surface area (Å²) in [6, 6.07) is 10.2. The first-order valence-electron chi connectivity index (χ1n) is 8.46. The molecule has 150 valence electrons. The number of hydrogen-bond donors (Lipinski definition) is 2. The Balaban J connectivity index is 1.87. The first-order valence-corrected chi connectivity index (χ1v) is 8.84. The second kappa shape index (κ2) is 6.69. The lowest BCUT2D eigenvalue weighted by molar-refractivity contribution is -0.137. The van der Waals surface area contributed by atoms with Crippen molar-refractivity contribution in [3.05, 3.63) is 82.3 Å². The molecular weight excluding hydrogens is 410 g/mol. The molecule has 4 N–H and O–H groups in total. The number of halogens is 5. The number of nitrogens with two attached hydrogens (primary N) is 2. The zero-order valence-electron chi connectivity index (χ0n) is 14.7. The number of pyridine rings is 1. The van der Waals surface area contributed by atoms with Crippen LogP contribution in [0.25, 0.3) is 11.3 Å². The number of aromatic nitrogens is 1. The Kier molecular flexibility index (Phi) is 4.53. The van der Waals surface area contributed by atoms with Gasteiger partial charge in [-0.2, -0.15) is 13.2 Å². The molecule has 0 aliphatic carbocycles. The molecule has 0 saturated heterocycles. The maximum absolute atomic E-state index is 13.6. The summed E-state index contributed by atoms with van der Waals surface area (Å²) in [4.78, 5) is 4.18. The van der Waals surface area contributed by atoms with Crippen LogP contribution in [0.15, 0.2) is 54.7 Å². The summed E-state index contributed by atoms with van der Waals surface area (Å²) in [5.41, 5.74) is 11.7. The number of rotatable bonds is 2. The number of alkyl halides is 3. The largest absolute Gasteiger partial charge is 0.470 e. The van der Waals surface area contributed by atoms with Crippen molar-refractivity contribution in [2.75, 3.05) is 0 Å². The summed E-state index contributed by atoms with van der Waals surface area (Å²) in [5.74, 6) is -0.451. The topological polar surface area (TPSA) is 74.2 Å². The van der Waals surface area contributed by atoms with E-state index in [9.17, 15) is 17.6 Å². The third-order valence-electron chi connectivity index (χ3n) is 4.90. The molecule has 2 unspecified atom stereocenters. The van der Waals surface area contributed by atoms with Crippen LogP contribution in [0.4, 0.5) is 17.6 Å². The van der Waals surface area contributed by atoms with Crippen LogP contribution in [-0.4, -0.2) is 11.2 Å². The first-order chi connectivity index (χ1) is 13.6. The van der Waals surface area contributed by atoms with Gasteiger partial charge in [0.25, 0.3) is 0 Å². The quantitative estimate of drug-likeness (QED) is 0.598. The second-order valence-corrected chi connectivity index (χ2v) is 7.06. The summed E-state index contributed by atoms with van der Waals surface area (Å²) < 4.78 is 58.6. The monoisotopic (exact) mass is 423 g/mol. The fraction of sp³-hybridized carbons (Fsp3) is 0.150. The van der Waals surface area contributed by atoms with Crippen LogP contribution in [0.1, 0.15) is 16.7 Å². The fourth-order valence-corrected chi connectivity index (χ4v) is 3.57. The summed E-state index contributed by atoms with van der Waals surface area (Å²) >= 11 is 5.89. The number of hydrogen-bond acceptors (Lipinski definition) is 4. The van der Waals surface area contributed by atoms with Crippen LogP contribution in [0.3, 0.4) is 0 Å². The molecule has 2 aromatic carbocycles. The molecule has 0 bridgehead atoms. The van der Waals surface area contributed by atoms with Gasteiger partial charge in [0, 0.05) is 17.3 Å². The molecule has 9 heteroatoms. The number of nitrogens with zero attached hydrogens (tertiary/aromatic N) is 1. The molecule has 2 heterocycles. The average Bonchev–Trinajstić information content (AvgIpc) is 2.95.